The number of halogens is 2. The van der Waals surface area contributed by atoms with Gasteiger partial charge >= 0.3 is 6.09 Å². The Morgan fingerprint density at radius 3 is 2.39 bits per heavy atom. The normalized spacial score (nSPS) is 22.3. The number of carbonyl (C=O) groups is 1. The number of aliphatic hydroxyl groups is 1. The van der Waals surface area contributed by atoms with Crippen LogP contribution in [0.5, 0.6) is 0 Å². The summed E-state index contributed by atoms with van der Waals surface area (Å²) in [5, 5.41) is 11.6. The van der Waals surface area contributed by atoms with E-state index in [2.05, 4.69) is 4.90 Å². The number of nitrogens with zero attached hydrogens (tertiary/aromatic N) is 2. The smallest absolute Gasteiger partial charge is 0.414 e. The van der Waals surface area contributed by atoms with Crippen molar-refractivity contribution >= 4 is 23.4 Å². The summed E-state index contributed by atoms with van der Waals surface area (Å²) in [5.41, 5.74) is 0.657. The first-order valence-electron chi connectivity index (χ1n) is 9.37. The van der Waals surface area contributed by atoms with Gasteiger partial charge in [-0.2, -0.15) is 0 Å². The minimum absolute atomic E-state index is 0.251. The van der Waals surface area contributed by atoms with Gasteiger partial charge < -0.3 is 9.84 Å². The summed E-state index contributed by atoms with van der Waals surface area (Å²) >= 11 is 5.94. The molecule has 2 aromatic rings. The molecule has 0 radical (unpaired) electrons. The molecule has 2 aliphatic heterocycles. The minimum atomic E-state index is -0.854. The molecule has 2 aliphatic rings. The lowest BCUT2D eigenvalue weighted by molar-refractivity contribution is -0.0324. The first kappa shape index (κ1) is 19.2. The van der Waals surface area contributed by atoms with Crippen molar-refractivity contribution in [2.75, 3.05) is 31.1 Å². The van der Waals surface area contributed by atoms with E-state index in [0.717, 1.165) is 5.56 Å². The Kier molecular flexibility index (Phi) is 5.27. The van der Waals surface area contributed by atoms with E-state index >= 15 is 0 Å². The number of ether oxygens (including phenoxy) is 1. The summed E-state index contributed by atoms with van der Waals surface area (Å²) in [6.07, 6.45) is 0.555. The highest BCUT2D eigenvalue weighted by Crippen LogP contribution is 2.34. The average Bonchev–Trinajstić information content (AvgIpc) is 3.05. The molecule has 5 nitrogen and oxygen atoms in total. The molecule has 1 atom stereocenters. The molecule has 4 rings (SSSR count). The van der Waals surface area contributed by atoms with Crippen LogP contribution >= 0.6 is 11.6 Å². The highest BCUT2D eigenvalue weighted by molar-refractivity contribution is 6.30. The van der Waals surface area contributed by atoms with E-state index in [4.69, 9.17) is 16.3 Å². The van der Waals surface area contributed by atoms with Crippen LogP contribution in [0.1, 0.15) is 18.4 Å². The third-order valence-electron chi connectivity index (χ3n) is 5.54. The van der Waals surface area contributed by atoms with Crippen molar-refractivity contribution in [2.24, 2.45) is 0 Å². The Balaban J connectivity index is 1.33. The second kappa shape index (κ2) is 7.70. The zero-order valence-electron chi connectivity index (χ0n) is 15.4. The van der Waals surface area contributed by atoms with Crippen LogP contribution in [0.25, 0.3) is 0 Å². The van der Waals surface area contributed by atoms with Gasteiger partial charge in [-0.15, -0.1) is 0 Å². The predicted molar refractivity (Wildman–Crippen MR) is 105 cm³/mol. The summed E-state index contributed by atoms with van der Waals surface area (Å²) in [5.74, 6) is -0.339. The second-order valence-corrected chi connectivity index (χ2v) is 7.87. The molecule has 0 aromatic heterocycles. The van der Waals surface area contributed by atoms with E-state index in [1.165, 1.54) is 17.0 Å². The number of benzene rings is 2. The number of hydrogen-bond donors (Lipinski definition) is 1. The Hall–Kier alpha value is -2.15. The van der Waals surface area contributed by atoms with Crippen molar-refractivity contribution in [1.82, 2.24) is 4.90 Å². The largest absolute Gasteiger partial charge is 0.443 e. The van der Waals surface area contributed by atoms with Gasteiger partial charge in [-0.05, 0) is 54.8 Å². The summed E-state index contributed by atoms with van der Waals surface area (Å²) in [7, 11) is 0. The van der Waals surface area contributed by atoms with Gasteiger partial charge in [0.15, 0.2) is 0 Å². The van der Waals surface area contributed by atoms with E-state index in [9.17, 15) is 14.3 Å². The van der Waals surface area contributed by atoms with Crippen LogP contribution in [0.15, 0.2) is 48.5 Å². The van der Waals surface area contributed by atoms with E-state index in [0.29, 0.717) is 49.7 Å². The lowest BCUT2D eigenvalue weighted by Crippen LogP contribution is -2.45. The predicted octanol–water partition coefficient (Wildman–Crippen LogP) is 3.79. The molecular weight excluding hydrogens is 383 g/mol. The summed E-state index contributed by atoms with van der Waals surface area (Å²) in [6.45, 7) is 2.47. The highest BCUT2D eigenvalue weighted by atomic mass is 35.5. The maximum atomic E-state index is 13.1. The van der Waals surface area contributed by atoms with Gasteiger partial charge in [0.05, 0.1) is 12.1 Å². The van der Waals surface area contributed by atoms with Gasteiger partial charge in [0.1, 0.15) is 11.9 Å². The molecular formula is C21H22ClFN2O3. The fraction of sp³-hybridized carbons (Fsp3) is 0.381. The Labute approximate surface area is 168 Å². The number of piperidine rings is 1. The molecule has 148 valence electrons. The zero-order valence-corrected chi connectivity index (χ0v) is 16.1. The van der Waals surface area contributed by atoms with Gasteiger partial charge in [0.25, 0.3) is 0 Å². The first-order chi connectivity index (χ1) is 13.4. The molecule has 2 fully saturated rings. The van der Waals surface area contributed by atoms with Crippen LogP contribution in [-0.2, 0) is 10.3 Å². The van der Waals surface area contributed by atoms with Crippen LogP contribution in [0.3, 0.4) is 0 Å². The van der Waals surface area contributed by atoms with Crippen molar-refractivity contribution in [1.29, 1.82) is 0 Å². The van der Waals surface area contributed by atoms with Crippen LogP contribution in [0.4, 0.5) is 14.9 Å². The summed E-state index contributed by atoms with van der Waals surface area (Å²) in [6, 6.07) is 13.1. The average molecular weight is 405 g/mol. The third-order valence-corrected chi connectivity index (χ3v) is 5.79. The molecule has 2 heterocycles. The Morgan fingerprint density at radius 2 is 1.75 bits per heavy atom. The molecule has 0 bridgehead atoms. The topological polar surface area (TPSA) is 53.0 Å². The minimum Gasteiger partial charge on any atom is -0.443 e. The van der Waals surface area contributed by atoms with Gasteiger partial charge in [0, 0.05) is 30.3 Å². The van der Waals surface area contributed by atoms with Gasteiger partial charge in [-0.25, -0.2) is 9.18 Å². The van der Waals surface area contributed by atoms with Gasteiger partial charge in [0.2, 0.25) is 0 Å². The SMILES string of the molecule is O=C1OC(CN2CCC(O)(c3ccc(Cl)cc3)CC2)CN1c1ccc(F)cc1. The highest BCUT2D eigenvalue weighted by Gasteiger charge is 2.37. The molecule has 2 saturated heterocycles. The lowest BCUT2D eigenvalue weighted by atomic mass is 9.84. The number of carbonyl (C=O) groups excluding carboxylic acids is 1. The van der Waals surface area contributed by atoms with Crippen LogP contribution in [0, 0.1) is 5.82 Å². The van der Waals surface area contributed by atoms with Crippen molar-refractivity contribution in [2.45, 2.75) is 24.5 Å². The van der Waals surface area contributed by atoms with Crippen LogP contribution in [0.2, 0.25) is 5.02 Å². The number of rotatable bonds is 4. The molecule has 0 aliphatic carbocycles. The number of hydrogen-bond acceptors (Lipinski definition) is 4. The third kappa shape index (κ3) is 3.99. The number of likely N-dealkylation sites (tertiary alicyclic amines) is 1. The monoisotopic (exact) mass is 404 g/mol. The molecule has 2 aromatic carbocycles. The van der Waals surface area contributed by atoms with Crippen molar-refractivity contribution in [3.63, 3.8) is 0 Å². The Morgan fingerprint density at radius 1 is 1.11 bits per heavy atom. The van der Waals surface area contributed by atoms with E-state index in [-0.39, 0.29) is 11.9 Å². The van der Waals surface area contributed by atoms with Crippen molar-refractivity contribution < 1.29 is 19.0 Å². The molecule has 1 N–H and O–H groups in total. The quantitative estimate of drug-likeness (QED) is 0.842. The van der Waals surface area contributed by atoms with Crippen LogP contribution in [-0.4, -0.2) is 48.4 Å². The fourth-order valence-electron chi connectivity index (χ4n) is 3.89. The number of cyclic esters (lactones) is 1. The molecule has 28 heavy (non-hydrogen) atoms. The summed E-state index contributed by atoms with van der Waals surface area (Å²) < 4.78 is 18.6. The van der Waals surface area contributed by atoms with Crippen molar-refractivity contribution in [3.05, 3.63) is 64.9 Å². The van der Waals surface area contributed by atoms with Crippen LogP contribution < -0.4 is 4.90 Å². The van der Waals surface area contributed by atoms with Gasteiger partial charge in [-0.1, -0.05) is 23.7 Å². The first-order valence-corrected chi connectivity index (χ1v) is 9.75. The van der Waals surface area contributed by atoms with Gasteiger partial charge in [-0.3, -0.25) is 9.80 Å². The fourth-order valence-corrected chi connectivity index (χ4v) is 4.02. The lowest BCUT2D eigenvalue weighted by Gasteiger charge is -2.39. The second-order valence-electron chi connectivity index (χ2n) is 7.43. The standard InChI is InChI=1S/C21H22ClFN2O3/c22-16-3-1-15(2-4-16)21(27)9-11-24(12-10-21)13-19-14-25(20(26)28-19)18-7-5-17(23)6-8-18/h1-8,19,27H,9-14H2. The molecule has 1 amide bonds. The molecule has 0 spiro atoms. The zero-order chi connectivity index (χ0) is 19.7. The Bertz CT molecular complexity index is 836. The van der Waals surface area contributed by atoms with E-state index < -0.39 is 11.7 Å². The molecule has 0 saturated carbocycles. The van der Waals surface area contributed by atoms with E-state index in [1.54, 1.807) is 24.3 Å². The molecule has 7 heteroatoms. The molecule has 1 unspecified atom stereocenters. The number of amides is 1. The summed E-state index contributed by atoms with van der Waals surface area (Å²) in [4.78, 5) is 15.9. The number of anilines is 1. The van der Waals surface area contributed by atoms with Crippen molar-refractivity contribution in [3.8, 4) is 0 Å². The van der Waals surface area contributed by atoms with E-state index in [1.807, 2.05) is 12.1 Å². The maximum absolute atomic E-state index is 13.1. The maximum Gasteiger partial charge on any atom is 0.414 e.